The fourth-order valence-corrected chi connectivity index (χ4v) is 11.1. The van der Waals surface area contributed by atoms with Crippen LogP contribution in [0.1, 0.15) is 103 Å². The van der Waals surface area contributed by atoms with Crippen molar-refractivity contribution in [3.63, 3.8) is 0 Å². The molecule has 1 amide bonds. The molecule has 2 heterocycles. The summed E-state index contributed by atoms with van der Waals surface area (Å²) in [4.78, 5) is 87.2. The first kappa shape index (κ1) is 51.6. The second kappa shape index (κ2) is 19.9. The van der Waals surface area contributed by atoms with Crippen LogP contribution in [0.4, 0.5) is 4.79 Å². The zero-order valence-corrected chi connectivity index (χ0v) is 40.6. The van der Waals surface area contributed by atoms with Crippen LogP contribution in [-0.4, -0.2) is 149 Å². The third kappa shape index (κ3) is 9.93. The van der Waals surface area contributed by atoms with Gasteiger partial charge in [-0.3, -0.25) is 19.3 Å². The van der Waals surface area contributed by atoms with Gasteiger partial charge in [-0.25, -0.2) is 14.4 Å². The molecule has 4 N–H and O–H groups in total. The van der Waals surface area contributed by atoms with Crippen molar-refractivity contribution in [3.8, 4) is 0 Å². The number of Topliss-reactive ketones (excluding diaryl/α,β-unsaturated/α-hetero) is 1. The maximum absolute atomic E-state index is 15.2. The fourth-order valence-electron chi connectivity index (χ4n) is 11.1. The number of rotatable bonds is 13. The summed E-state index contributed by atoms with van der Waals surface area (Å²) < 4.78 is 41.7. The van der Waals surface area contributed by atoms with E-state index in [1.165, 1.54) is 26.0 Å². The molecule has 18 nitrogen and oxygen atoms in total. The van der Waals surface area contributed by atoms with Crippen molar-refractivity contribution in [2.75, 3.05) is 39.5 Å². The van der Waals surface area contributed by atoms with E-state index in [9.17, 15) is 34.5 Å². The number of amides is 1. The van der Waals surface area contributed by atoms with E-state index in [1.807, 2.05) is 0 Å². The minimum absolute atomic E-state index is 0.0677. The van der Waals surface area contributed by atoms with Crippen LogP contribution in [0.25, 0.3) is 0 Å². The molecule has 2 bridgehead atoms. The molecule has 2 aliphatic heterocycles. The Morgan fingerprint density at radius 1 is 0.942 bits per heavy atom. The van der Waals surface area contributed by atoms with Crippen molar-refractivity contribution >= 4 is 35.8 Å². The fraction of sp³-hybridized carbons (Fsp3) is 0.608. The number of morpholine rings is 1. The maximum atomic E-state index is 15.2. The van der Waals surface area contributed by atoms with Gasteiger partial charge in [0, 0.05) is 44.7 Å². The topological polar surface area (TPSA) is 243 Å². The molecule has 69 heavy (non-hydrogen) atoms. The number of fused-ring (bicyclic) bond motifs is 5. The number of aliphatic hydroxyl groups excluding tert-OH is 2. The number of ether oxygens (including phenoxy) is 7. The number of carbonyl (C=O) groups excluding carboxylic acids is 6. The molecular formula is C51H66N2O16. The van der Waals surface area contributed by atoms with Crippen molar-refractivity contribution in [1.29, 1.82) is 0 Å². The van der Waals surface area contributed by atoms with Gasteiger partial charge in [0.25, 0.3) is 0 Å². The van der Waals surface area contributed by atoms with Gasteiger partial charge in [-0.05, 0) is 76.4 Å². The number of nitrogens with zero attached hydrogens (tertiary/aromatic N) is 1. The minimum Gasteiger partial charge on any atom is -0.455 e. The summed E-state index contributed by atoms with van der Waals surface area (Å²) in [6.07, 6.45) is -11.3. The Hall–Kier alpha value is -5.24. The number of hydrogen-bond acceptors (Lipinski definition) is 17. The lowest BCUT2D eigenvalue weighted by molar-refractivity contribution is -0.346. The molecule has 5 aliphatic rings. The Balaban J connectivity index is 1.33. The smallest absolute Gasteiger partial charge is 0.408 e. The first-order valence-corrected chi connectivity index (χ1v) is 23.6. The van der Waals surface area contributed by atoms with Gasteiger partial charge in [0.1, 0.15) is 41.7 Å². The maximum Gasteiger partial charge on any atom is 0.408 e. The number of esters is 4. The van der Waals surface area contributed by atoms with Crippen molar-refractivity contribution in [2.45, 2.75) is 141 Å². The summed E-state index contributed by atoms with van der Waals surface area (Å²) in [6.45, 7) is 14.9. The predicted molar refractivity (Wildman–Crippen MR) is 244 cm³/mol. The lowest BCUT2D eigenvalue weighted by Crippen LogP contribution is -2.81. The van der Waals surface area contributed by atoms with Gasteiger partial charge >= 0.3 is 30.0 Å². The van der Waals surface area contributed by atoms with E-state index in [1.54, 1.807) is 83.1 Å². The van der Waals surface area contributed by atoms with E-state index in [2.05, 4.69) is 10.2 Å². The molecule has 0 radical (unpaired) electrons. The predicted octanol–water partition coefficient (Wildman–Crippen LogP) is 3.92. The van der Waals surface area contributed by atoms with Crippen LogP contribution in [0.15, 0.2) is 71.8 Å². The SMILES string of the molecule is CC(=O)O[C@@]12CO[C@@H]1C[C@H](O)[C@@]1(C)C(=O)[C@H](O)C3=C(C)[C@@H](OC(=O)[C@H](OC(=O)CCCN4CCOCC4)[C@@H](NC(=O)OC(C)(C)C)c4ccccc4)C[C@@](O)([C@@H](OC(=O)c4ccccc4)C12)C3(C)C. The van der Waals surface area contributed by atoms with Crippen LogP contribution in [0, 0.1) is 16.7 Å². The van der Waals surface area contributed by atoms with E-state index < -0.39 is 118 Å². The minimum atomic E-state index is -2.41. The summed E-state index contributed by atoms with van der Waals surface area (Å²) in [6, 6.07) is 14.8. The Bertz CT molecular complexity index is 2290. The van der Waals surface area contributed by atoms with Gasteiger partial charge in [0.15, 0.2) is 11.4 Å². The van der Waals surface area contributed by atoms with Crippen LogP contribution in [0.5, 0.6) is 0 Å². The standard InChI is InChI=1S/C51H66N2O16/c1-29-33(65-45(60)40(66-36(56)20-15-21-53-22-24-63-25-23-53)38(31-16-11-9-12-17-31)52-46(61)69-47(3,4)5)27-51(62)43(67-44(59)32-18-13-10-14-19-32)41-49(8,42(58)39(57)37(29)48(51,6)7)34(55)26-35-50(41,28-64-35)68-30(2)54/h9-14,16-19,33-35,38-41,43,55,57,62H,15,20-28H2,1-8H3,(H,52,61)/t33-,34-,35+,38-,39+,40+,41?,43-,49+,50-,51+/m0/s1. The molecule has 0 spiro atoms. The number of alkyl carbamates (subject to hydrolysis) is 1. The number of ketones is 1. The highest BCUT2D eigenvalue weighted by atomic mass is 16.6. The van der Waals surface area contributed by atoms with Crippen LogP contribution in [-0.2, 0) is 52.3 Å². The van der Waals surface area contributed by atoms with Gasteiger partial charge in [-0.15, -0.1) is 0 Å². The number of aliphatic hydroxyl groups is 3. The molecule has 4 fully saturated rings. The molecule has 1 unspecified atom stereocenters. The first-order valence-electron chi connectivity index (χ1n) is 23.6. The number of nitrogens with one attached hydrogen (secondary N) is 1. The second-order valence-electron chi connectivity index (χ2n) is 20.6. The summed E-state index contributed by atoms with van der Waals surface area (Å²) in [5.41, 5.74) is -8.40. The zero-order valence-electron chi connectivity index (χ0n) is 40.6. The molecule has 2 saturated carbocycles. The Morgan fingerprint density at radius 2 is 1.58 bits per heavy atom. The molecule has 11 atom stereocenters. The summed E-state index contributed by atoms with van der Waals surface area (Å²) in [7, 11) is 0. The van der Waals surface area contributed by atoms with Gasteiger partial charge in [0.2, 0.25) is 6.10 Å². The van der Waals surface area contributed by atoms with Crippen molar-refractivity contribution in [1.82, 2.24) is 10.2 Å². The Labute approximate surface area is 401 Å². The molecule has 376 valence electrons. The van der Waals surface area contributed by atoms with Crippen molar-refractivity contribution < 1.29 is 77.2 Å². The molecule has 2 aromatic rings. The van der Waals surface area contributed by atoms with Gasteiger partial charge in [0.05, 0.1) is 42.8 Å². The molecule has 3 aliphatic carbocycles. The lowest BCUT2D eigenvalue weighted by atomic mass is 9.44. The van der Waals surface area contributed by atoms with Gasteiger partial charge < -0.3 is 53.8 Å². The normalized spacial score (nSPS) is 31.7. The average molecular weight is 963 g/mol. The van der Waals surface area contributed by atoms with E-state index in [4.69, 9.17) is 33.2 Å². The van der Waals surface area contributed by atoms with Crippen LogP contribution < -0.4 is 5.32 Å². The Kier molecular flexibility index (Phi) is 14.9. The monoisotopic (exact) mass is 962 g/mol. The number of benzene rings is 2. The number of carbonyl (C=O) groups is 6. The first-order chi connectivity index (χ1) is 32.4. The van der Waals surface area contributed by atoms with Crippen LogP contribution in [0.2, 0.25) is 0 Å². The molecule has 7 rings (SSSR count). The highest BCUT2D eigenvalue weighted by Gasteiger charge is 2.78. The Morgan fingerprint density at radius 3 is 2.17 bits per heavy atom. The highest BCUT2D eigenvalue weighted by Crippen LogP contribution is 2.64. The third-order valence-electron chi connectivity index (χ3n) is 14.8. The van der Waals surface area contributed by atoms with Crippen molar-refractivity contribution in [2.24, 2.45) is 16.7 Å². The zero-order chi connectivity index (χ0) is 50.3. The van der Waals surface area contributed by atoms with Crippen LogP contribution in [0.3, 0.4) is 0 Å². The van der Waals surface area contributed by atoms with Crippen LogP contribution >= 0.6 is 0 Å². The average Bonchev–Trinajstić information content (AvgIpc) is 3.29. The van der Waals surface area contributed by atoms with E-state index in [0.717, 1.165) is 6.92 Å². The molecule has 18 heteroatoms. The number of hydrogen-bond donors (Lipinski definition) is 4. The molecule has 2 saturated heterocycles. The summed E-state index contributed by atoms with van der Waals surface area (Å²) in [5, 5.41) is 40.9. The quantitative estimate of drug-likeness (QED) is 0.126. The van der Waals surface area contributed by atoms with Crippen molar-refractivity contribution in [3.05, 3.63) is 82.9 Å². The lowest BCUT2D eigenvalue weighted by Gasteiger charge is -2.67. The van der Waals surface area contributed by atoms with Gasteiger partial charge in [-0.2, -0.15) is 0 Å². The van der Waals surface area contributed by atoms with E-state index in [-0.39, 0.29) is 36.2 Å². The summed E-state index contributed by atoms with van der Waals surface area (Å²) >= 11 is 0. The largest absolute Gasteiger partial charge is 0.455 e. The molecular weight excluding hydrogens is 897 g/mol. The highest BCUT2D eigenvalue weighted by molar-refractivity contribution is 5.94. The van der Waals surface area contributed by atoms with E-state index >= 15 is 9.59 Å². The second-order valence-corrected chi connectivity index (χ2v) is 20.6. The molecule has 2 aromatic carbocycles. The summed E-state index contributed by atoms with van der Waals surface area (Å²) in [5.74, 6) is -6.15. The molecule has 0 aromatic heterocycles. The van der Waals surface area contributed by atoms with Gasteiger partial charge in [-0.1, -0.05) is 62.4 Å². The third-order valence-corrected chi connectivity index (χ3v) is 14.8. The van der Waals surface area contributed by atoms with E-state index in [0.29, 0.717) is 44.8 Å².